The Morgan fingerprint density at radius 3 is 2.86 bits per heavy atom. The second-order valence-corrected chi connectivity index (χ2v) is 5.18. The van der Waals surface area contributed by atoms with Crippen LogP contribution in [0.5, 0.6) is 0 Å². The molecule has 1 aromatic carbocycles. The zero-order chi connectivity index (χ0) is 14.5. The van der Waals surface area contributed by atoms with E-state index >= 15 is 0 Å². The minimum Gasteiger partial charge on any atom is -0.330 e. The lowest BCUT2D eigenvalue weighted by Gasteiger charge is -2.27. The van der Waals surface area contributed by atoms with E-state index in [2.05, 4.69) is 5.32 Å². The smallest absolute Gasteiger partial charge is 0.228 e. The van der Waals surface area contributed by atoms with Crippen molar-refractivity contribution in [3.05, 3.63) is 24.3 Å². The first-order valence-electron chi connectivity index (χ1n) is 7.03. The Morgan fingerprint density at radius 2 is 2.19 bits per heavy atom. The summed E-state index contributed by atoms with van der Waals surface area (Å²) >= 11 is 0. The van der Waals surface area contributed by atoms with E-state index in [4.69, 9.17) is 5.73 Å². The van der Waals surface area contributed by atoms with Crippen molar-refractivity contribution in [1.29, 1.82) is 0 Å². The van der Waals surface area contributed by atoms with Gasteiger partial charge in [0, 0.05) is 36.8 Å². The van der Waals surface area contributed by atoms with Crippen LogP contribution in [0.15, 0.2) is 24.3 Å². The number of rotatable bonds is 4. The molecule has 1 fully saturated rings. The number of carbonyl (C=O) groups excluding carboxylic acids is 2. The fraction of sp³-hybridized carbons (Fsp3) is 0.467. The molecule has 5 nitrogen and oxygen atoms in total. The van der Waals surface area contributed by atoms with Crippen molar-refractivity contribution in [2.24, 2.45) is 11.7 Å². The molecule has 1 heterocycles. The van der Waals surface area contributed by atoms with Gasteiger partial charge in [0.15, 0.2) is 0 Å². The number of carbonyl (C=O) groups is 2. The number of piperidine rings is 1. The lowest BCUT2D eigenvalue weighted by atomic mass is 10.1. The van der Waals surface area contributed by atoms with E-state index in [0.717, 1.165) is 25.1 Å². The quantitative estimate of drug-likeness (QED) is 0.894. The molecule has 2 rings (SSSR count). The Bertz CT molecular complexity index is 507. The van der Waals surface area contributed by atoms with Crippen LogP contribution >= 0.6 is 12.4 Å². The first kappa shape index (κ1) is 17.5. The Labute approximate surface area is 131 Å². The fourth-order valence-corrected chi connectivity index (χ4v) is 2.20. The number of hydrogen-bond donors (Lipinski definition) is 2. The molecule has 1 atom stereocenters. The Balaban J connectivity index is 0.00000220. The van der Waals surface area contributed by atoms with Crippen molar-refractivity contribution in [3.63, 3.8) is 0 Å². The summed E-state index contributed by atoms with van der Waals surface area (Å²) < 4.78 is 0. The van der Waals surface area contributed by atoms with Crippen molar-refractivity contribution >= 4 is 35.6 Å². The number of nitrogens with one attached hydrogen (secondary N) is 1. The molecule has 0 saturated carbocycles. The van der Waals surface area contributed by atoms with Crippen molar-refractivity contribution in [1.82, 2.24) is 0 Å². The van der Waals surface area contributed by atoms with Crippen LogP contribution in [0.3, 0.4) is 0 Å². The van der Waals surface area contributed by atoms with Crippen LogP contribution in [0, 0.1) is 5.92 Å². The highest BCUT2D eigenvalue weighted by Gasteiger charge is 2.20. The van der Waals surface area contributed by atoms with Gasteiger partial charge in [-0.05, 0) is 31.0 Å². The monoisotopic (exact) mass is 311 g/mol. The van der Waals surface area contributed by atoms with Crippen LogP contribution in [0.2, 0.25) is 0 Å². The molecular formula is C15H22ClN3O2. The number of nitrogens with zero attached hydrogens (tertiary/aromatic N) is 1. The van der Waals surface area contributed by atoms with Crippen molar-refractivity contribution in [3.8, 4) is 0 Å². The molecule has 0 aromatic heterocycles. The predicted molar refractivity (Wildman–Crippen MR) is 86.7 cm³/mol. The molecule has 6 heteroatoms. The molecule has 1 aromatic rings. The molecule has 1 saturated heterocycles. The van der Waals surface area contributed by atoms with Gasteiger partial charge in [-0.2, -0.15) is 0 Å². The molecule has 1 aliphatic rings. The van der Waals surface area contributed by atoms with E-state index in [1.165, 1.54) is 0 Å². The van der Waals surface area contributed by atoms with E-state index in [1.807, 2.05) is 24.3 Å². The minimum atomic E-state index is -0.227. The van der Waals surface area contributed by atoms with E-state index in [0.29, 0.717) is 18.7 Å². The van der Waals surface area contributed by atoms with Gasteiger partial charge in [-0.3, -0.25) is 9.59 Å². The fourth-order valence-electron chi connectivity index (χ4n) is 2.20. The molecule has 1 aliphatic heterocycles. The van der Waals surface area contributed by atoms with Crippen LogP contribution in [-0.4, -0.2) is 24.9 Å². The zero-order valence-electron chi connectivity index (χ0n) is 12.2. The molecule has 1 unspecified atom stereocenters. The number of halogens is 1. The predicted octanol–water partition coefficient (Wildman–Crippen LogP) is 2.16. The maximum Gasteiger partial charge on any atom is 0.228 e. The van der Waals surface area contributed by atoms with Gasteiger partial charge in [-0.1, -0.05) is 13.0 Å². The number of benzene rings is 1. The summed E-state index contributed by atoms with van der Waals surface area (Å²) in [7, 11) is 0. The highest BCUT2D eigenvalue weighted by molar-refractivity contribution is 5.96. The SMILES string of the molecule is CC(CN)C(=O)Nc1cccc(N2CCCCC2=O)c1.Cl. The van der Waals surface area contributed by atoms with Gasteiger partial charge >= 0.3 is 0 Å². The Hall–Kier alpha value is -1.59. The average molecular weight is 312 g/mol. The number of hydrogen-bond acceptors (Lipinski definition) is 3. The molecule has 2 amide bonds. The molecule has 0 radical (unpaired) electrons. The maximum atomic E-state index is 11.9. The normalized spacial score (nSPS) is 16.1. The van der Waals surface area contributed by atoms with Crippen LogP contribution in [0.1, 0.15) is 26.2 Å². The lowest BCUT2D eigenvalue weighted by Crippen LogP contribution is -2.35. The van der Waals surface area contributed by atoms with E-state index in [1.54, 1.807) is 11.8 Å². The summed E-state index contributed by atoms with van der Waals surface area (Å²) in [5.74, 6) is -0.181. The van der Waals surface area contributed by atoms with Crippen LogP contribution < -0.4 is 16.0 Å². The van der Waals surface area contributed by atoms with Crippen molar-refractivity contribution in [2.75, 3.05) is 23.3 Å². The minimum absolute atomic E-state index is 0. The first-order valence-corrected chi connectivity index (χ1v) is 7.03. The van der Waals surface area contributed by atoms with Crippen LogP contribution in [0.25, 0.3) is 0 Å². The van der Waals surface area contributed by atoms with Gasteiger partial charge in [0.2, 0.25) is 11.8 Å². The standard InChI is InChI=1S/C15H21N3O2.ClH/c1-11(10-16)15(20)17-12-5-4-6-13(9-12)18-8-3-2-7-14(18)19;/h4-6,9,11H,2-3,7-8,10,16H2,1H3,(H,17,20);1H. The average Bonchev–Trinajstić information content (AvgIpc) is 2.47. The molecule has 0 bridgehead atoms. The third kappa shape index (κ3) is 4.44. The highest BCUT2D eigenvalue weighted by atomic mass is 35.5. The molecule has 21 heavy (non-hydrogen) atoms. The number of amides is 2. The van der Waals surface area contributed by atoms with Gasteiger partial charge in [-0.25, -0.2) is 0 Å². The summed E-state index contributed by atoms with van der Waals surface area (Å²) in [6.07, 6.45) is 2.58. The van der Waals surface area contributed by atoms with E-state index < -0.39 is 0 Å². The van der Waals surface area contributed by atoms with Gasteiger partial charge in [0.05, 0.1) is 0 Å². The zero-order valence-corrected chi connectivity index (χ0v) is 13.0. The van der Waals surface area contributed by atoms with Gasteiger partial charge < -0.3 is 16.0 Å². The van der Waals surface area contributed by atoms with Gasteiger partial charge in [0.25, 0.3) is 0 Å². The summed E-state index contributed by atoms with van der Waals surface area (Å²) in [5.41, 5.74) is 7.02. The number of anilines is 2. The highest BCUT2D eigenvalue weighted by Crippen LogP contribution is 2.24. The molecular weight excluding hydrogens is 290 g/mol. The third-order valence-corrected chi connectivity index (χ3v) is 3.55. The Kier molecular flexibility index (Phi) is 6.65. The second-order valence-electron chi connectivity index (χ2n) is 5.18. The Morgan fingerprint density at radius 1 is 1.43 bits per heavy atom. The number of nitrogens with two attached hydrogens (primary N) is 1. The first-order chi connectivity index (χ1) is 9.61. The summed E-state index contributed by atoms with van der Waals surface area (Å²) in [4.78, 5) is 25.5. The third-order valence-electron chi connectivity index (χ3n) is 3.55. The van der Waals surface area contributed by atoms with E-state index in [9.17, 15) is 9.59 Å². The van der Waals surface area contributed by atoms with Gasteiger partial charge in [0.1, 0.15) is 0 Å². The van der Waals surface area contributed by atoms with Crippen LogP contribution in [-0.2, 0) is 9.59 Å². The molecule has 116 valence electrons. The topological polar surface area (TPSA) is 75.4 Å². The molecule has 0 aliphatic carbocycles. The maximum absolute atomic E-state index is 11.9. The molecule has 3 N–H and O–H groups in total. The van der Waals surface area contributed by atoms with Crippen LogP contribution in [0.4, 0.5) is 11.4 Å². The van der Waals surface area contributed by atoms with E-state index in [-0.39, 0.29) is 30.1 Å². The summed E-state index contributed by atoms with van der Waals surface area (Å²) in [5, 5.41) is 2.83. The molecule has 0 spiro atoms. The summed E-state index contributed by atoms with van der Waals surface area (Å²) in [6.45, 7) is 2.85. The largest absolute Gasteiger partial charge is 0.330 e. The van der Waals surface area contributed by atoms with Gasteiger partial charge in [-0.15, -0.1) is 12.4 Å². The van der Waals surface area contributed by atoms with Crippen molar-refractivity contribution in [2.45, 2.75) is 26.2 Å². The second kappa shape index (κ2) is 8.00. The lowest BCUT2D eigenvalue weighted by molar-refractivity contribution is -0.120. The van der Waals surface area contributed by atoms with Crippen molar-refractivity contribution < 1.29 is 9.59 Å². The summed E-state index contributed by atoms with van der Waals surface area (Å²) in [6, 6.07) is 7.40.